The molecule has 1 heterocycles. The minimum absolute atomic E-state index is 0.280. The molecule has 3 aromatic rings. The van der Waals surface area contributed by atoms with Crippen molar-refractivity contribution in [2.75, 3.05) is 16.8 Å². The second-order valence-electron chi connectivity index (χ2n) is 7.55. The second kappa shape index (κ2) is 9.04. The number of halogens is 1. The number of carbonyl (C=O) groups is 4. The van der Waals surface area contributed by atoms with Crippen molar-refractivity contribution < 1.29 is 23.6 Å². The number of ketones is 1. The Bertz CT molecular complexity index is 1210. The number of Topliss-reactive ketones (excluding diaryl/α,β-unsaturated/α-hetero) is 1. The van der Waals surface area contributed by atoms with E-state index in [4.69, 9.17) is 0 Å². The van der Waals surface area contributed by atoms with Gasteiger partial charge in [-0.05, 0) is 67.6 Å². The molecule has 1 unspecified atom stereocenters. The van der Waals surface area contributed by atoms with Crippen LogP contribution in [0.3, 0.4) is 0 Å². The first-order valence-corrected chi connectivity index (χ1v) is 10.2. The molecule has 1 N–H and O–H groups in total. The van der Waals surface area contributed by atoms with Crippen LogP contribution >= 0.6 is 0 Å². The van der Waals surface area contributed by atoms with Gasteiger partial charge in [0.25, 0.3) is 11.8 Å². The summed E-state index contributed by atoms with van der Waals surface area (Å²) in [5, 5.41) is 2.74. The van der Waals surface area contributed by atoms with Crippen LogP contribution in [0.5, 0.6) is 0 Å². The monoisotopic (exact) mass is 445 g/mol. The number of nitrogens with one attached hydrogen (secondary N) is 1. The van der Waals surface area contributed by atoms with Gasteiger partial charge in [-0.25, -0.2) is 9.18 Å². The molecule has 1 atom stereocenters. The van der Waals surface area contributed by atoms with Crippen LogP contribution in [-0.2, 0) is 4.79 Å². The smallest absolute Gasteiger partial charge is 0.322 e. The predicted octanol–water partition coefficient (Wildman–Crippen LogP) is 4.12. The van der Waals surface area contributed by atoms with E-state index in [9.17, 15) is 23.6 Å². The molecule has 1 fully saturated rings. The molecule has 1 aliphatic heterocycles. The van der Waals surface area contributed by atoms with Crippen molar-refractivity contribution >= 4 is 35.0 Å². The number of anilines is 2. The predicted molar refractivity (Wildman–Crippen MR) is 121 cm³/mol. The number of urea groups is 1. The maximum absolute atomic E-state index is 13.2. The van der Waals surface area contributed by atoms with Gasteiger partial charge in [-0.15, -0.1) is 0 Å². The van der Waals surface area contributed by atoms with Crippen LogP contribution < -0.4 is 10.2 Å². The fraction of sp³-hybridized carbons (Fsp3) is 0.120. The number of hydrogen-bond acceptors (Lipinski definition) is 4. The fourth-order valence-corrected chi connectivity index (χ4v) is 3.57. The normalized spacial score (nSPS) is 15.6. The Morgan fingerprint density at radius 1 is 0.879 bits per heavy atom. The highest BCUT2D eigenvalue weighted by molar-refractivity contribution is 6.16. The van der Waals surface area contributed by atoms with Crippen molar-refractivity contribution in [3.05, 3.63) is 95.8 Å². The maximum Gasteiger partial charge on any atom is 0.332 e. The van der Waals surface area contributed by atoms with Gasteiger partial charge in [-0.2, -0.15) is 0 Å². The molecule has 166 valence electrons. The van der Waals surface area contributed by atoms with Crippen LogP contribution in [0.2, 0.25) is 0 Å². The molecule has 0 aromatic heterocycles. The molecule has 1 saturated heterocycles. The quantitative estimate of drug-likeness (QED) is 0.457. The molecule has 1 aliphatic rings. The topological polar surface area (TPSA) is 86.8 Å². The SMILES string of the molecule is CC1C(=O)N(CC(=O)c2ccc(NC(=O)c3ccccc3)cc2)C(=O)N1c1ccc(F)cc1. The summed E-state index contributed by atoms with van der Waals surface area (Å²) in [5.41, 5.74) is 1.67. The third kappa shape index (κ3) is 4.50. The Labute approximate surface area is 189 Å². The summed E-state index contributed by atoms with van der Waals surface area (Å²) in [4.78, 5) is 52.6. The highest BCUT2D eigenvalue weighted by Crippen LogP contribution is 2.26. The molecule has 7 nitrogen and oxygen atoms in total. The molecule has 4 rings (SSSR count). The summed E-state index contributed by atoms with van der Waals surface area (Å²) < 4.78 is 13.2. The average molecular weight is 445 g/mol. The van der Waals surface area contributed by atoms with Gasteiger partial charge < -0.3 is 5.32 Å². The van der Waals surface area contributed by atoms with Gasteiger partial charge >= 0.3 is 6.03 Å². The zero-order valence-electron chi connectivity index (χ0n) is 17.7. The van der Waals surface area contributed by atoms with Gasteiger partial charge in [0.2, 0.25) is 0 Å². The molecule has 0 aliphatic carbocycles. The molecule has 0 spiro atoms. The van der Waals surface area contributed by atoms with E-state index >= 15 is 0 Å². The first kappa shape index (κ1) is 21.9. The van der Waals surface area contributed by atoms with E-state index in [0.717, 1.165) is 4.90 Å². The van der Waals surface area contributed by atoms with Crippen LogP contribution in [-0.4, -0.2) is 41.1 Å². The number of carbonyl (C=O) groups excluding carboxylic acids is 4. The Kier molecular flexibility index (Phi) is 5.99. The summed E-state index contributed by atoms with van der Waals surface area (Å²) in [6.45, 7) is 1.13. The Morgan fingerprint density at radius 2 is 1.52 bits per heavy atom. The maximum atomic E-state index is 13.2. The lowest BCUT2D eigenvalue weighted by Gasteiger charge is -2.19. The van der Waals surface area contributed by atoms with Gasteiger partial charge in [-0.1, -0.05) is 18.2 Å². The summed E-state index contributed by atoms with van der Waals surface area (Å²) >= 11 is 0. The standard InChI is InChI=1S/C25H20FN3O4/c1-16-24(32)28(25(33)29(16)21-13-9-19(26)10-14-21)15-22(30)17-7-11-20(12-8-17)27-23(31)18-5-3-2-4-6-18/h2-14,16H,15H2,1H3,(H,27,31). The van der Waals surface area contributed by atoms with Gasteiger partial charge in [0, 0.05) is 22.5 Å². The Balaban J connectivity index is 1.43. The molecule has 33 heavy (non-hydrogen) atoms. The van der Waals surface area contributed by atoms with Crippen molar-refractivity contribution in [2.45, 2.75) is 13.0 Å². The highest BCUT2D eigenvalue weighted by Gasteiger charge is 2.44. The first-order chi connectivity index (χ1) is 15.8. The van der Waals surface area contributed by atoms with E-state index < -0.39 is 36.1 Å². The third-order valence-corrected chi connectivity index (χ3v) is 5.35. The van der Waals surface area contributed by atoms with E-state index in [2.05, 4.69) is 5.32 Å². The number of imide groups is 1. The molecule has 0 radical (unpaired) electrons. The third-order valence-electron chi connectivity index (χ3n) is 5.35. The van der Waals surface area contributed by atoms with Crippen LogP contribution in [0.15, 0.2) is 78.9 Å². The Morgan fingerprint density at radius 3 is 2.15 bits per heavy atom. The zero-order chi connectivity index (χ0) is 23.5. The average Bonchev–Trinajstić information content (AvgIpc) is 3.04. The van der Waals surface area contributed by atoms with Crippen LogP contribution in [0, 0.1) is 5.82 Å². The van der Waals surface area contributed by atoms with Gasteiger partial charge in [0.15, 0.2) is 5.78 Å². The molecule has 0 bridgehead atoms. The van der Waals surface area contributed by atoms with E-state index in [1.54, 1.807) is 43.3 Å². The van der Waals surface area contributed by atoms with Gasteiger partial charge in [-0.3, -0.25) is 24.2 Å². The molecule has 4 amide bonds. The van der Waals surface area contributed by atoms with E-state index in [1.807, 2.05) is 6.07 Å². The molecule has 8 heteroatoms. The summed E-state index contributed by atoms with van der Waals surface area (Å²) in [7, 11) is 0. The van der Waals surface area contributed by atoms with Crippen molar-refractivity contribution in [3.63, 3.8) is 0 Å². The largest absolute Gasteiger partial charge is 0.332 e. The zero-order valence-corrected chi connectivity index (χ0v) is 17.7. The number of nitrogens with zero attached hydrogens (tertiary/aromatic N) is 2. The lowest BCUT2D eigenvalue weighted by Crippen LogP contribution is -2.37. The lowest BCUT2D eigenvalue weighted by atomic mass is 10.1. The molecular formula is C25H20FN3O4. The van der Waals surface area contributed by atoms with E-state index in [-0.39, 0.29) is 5.91 Å². The highest BCUT2D eigenvalue weighted by atomic mass is 19.1. The van der Waals surface area contributed by atoms with Crippen molar-refractivity contribution in [3.8, 4) is 0 Å². The Hall–Kier alpha value is -4.33. The van der Waals surface area contributed by atoms with Crippen molar-refractivity contribution in [2.24, 2.45) is 0 Å². The number of rotatable bonds is 6. The molecule has 0 saturated carbocycles. The summed E-state index contributed by atoms with van der Waals surface area (Å²) in [6.07, 6.45) is 0. The van der Waals surface area contributed by atoms with Crippen molar-refractivity contribution in [1.29, 1.82) is 0 Å². The minimum Gasteiger partial charge on any atom is -0.322 e. The molecule has 3 aromatic carbocycles. The lowest BCUT2D eigenvalue weighted by molar-refractivity contribution is -0.126. The number of amides is 4. The first-order valence-electron chi connectivity index (χ1n) is 10.2. The van der Waals surface area contributed by atoms with Crippen molar-refractivity contribution in [1.82, 2.24) is 4.90 Å². The van der Waals surface area contributed by atoms with Crippen LogP contribution in [0.25, 0.3) is 0 Å². The summed E-state index contributed by atoms with van der Waals surface area (Å²) in [5.74, 6) is -1.67. The van der Waals surface area contributed by atoms with Gasteiger partial charge in [0.05, 0.1) is 6.54 Å². The second-order valence-corrected chi connectivity index (χ2v) is 7.55. The van der Waals surface area contributed by atoms with Gasteiger partial charge in [0.1, 0.15) is 11.9 Å². The van der Waals surface area contributed by atoms with E-state index in [0.29, 0.717) is 22.5 Å². The van der Waals surface area contributed by atoms with Crippen LogP contribution in [0.1, 0.15) is 27.6 Å². The summed E-state index contributed by atoms with van der Waals surface area (Å²) in [6, 6.07) is 18.7. The fourth-order valence-electron chi connectivity index (χ4n) is 3.57. The minimum atomic E-state index is -0.814. The number of benzene rings is 3. The van der Waals surface area contributed by atoms with Crippen LogP contribution in [0.4, 0.5) is 20.6 Å². The number of hydrogen-bond donors (Lipinski definition) is 1. The molecular weight excluding hydrogens is 425 g/mol. The van der Waals surface area contributed by atoms with E-state index in [1.165, 1.54) is 41.3 Å².